The number of anilines is 1. The Balaban J connectivity index is 2.08. The molecule has 0 saturated carbocycles. The van der Waals surface area contributed by atoms with E-state index >= 15 is 0 Å². The molecule has 0 saturated heterocycles. The molecule has 2 aromatic carbocycles. The second-order valence-corrected chi connectivity index (χ2v) is 5.20. The van der Waals surface area contributed by atoms with Crippen LogP contribution in [0.25, 0.3) is 0 Å². The van der Waals surface area contributed by atoms with Crippen LogP contribution >= 0.6 is 11.6 Å². The minimum absolute atomic E-state index is 0.121. The van der Waals surface area contributed by atoms with E-state index in [-0.39, 0.29) is 5.78 Å². The molecule has 0 aliphatic rings. The van der Waals surface area contributed by atoms with Crippen LogP contribution in [0.4, 0.5) is 5.69 Å². The Bertz CT molecular complexity index is 655. The molecular formula is C17H18ClNO3. The number of hydrogen-bond donors (Lipinski definition) is 1. The van der Waals surface area contributed by atoms with Crippen molar-refractivity contribution >= 4 is 23.1 Å². The Morgan fingerprint density at radius 1 is 1.23 bits per heavy atom. The molecule has 116 valence electrons. The number of benzene rings is 2. The highest BCUT2D eigenvalue weighted by Gasteiger charge is 2.17. The zero-order valence-electron chi connectivity index (χ0n) is 12.5. The molecule has 0 radical (unpaired) electrons. The Kier molecular flexibility index (Phi) is 5.28. The average Bonchev–Trinajstić information content (AvgIpc) is 2.50. The molecule has 2 rings (SSSR count). The van der Waals surface area contributed by atoms with Crippen LogP contribution < -0.4 is 15.2 Å². The predicted molar refractivity (Wildman–Crippen MR) is 87.9 cm³/mol. The molecule has 0 heterocycles. The van der Waals surface area contributed by atoms with E-state index in [1.54, 1.807) is 49.4 Å². The van der Waals surface area contributed by atoms with Gasteiger partial charge < -0.3 is 15.2 Å². The number of carbonyl (C=O) groups excluding carboxylic acids is 1. The zero-order chi connectivity index (χ0) is 16.1. The summed E-state index contributed by atoms with van der Waals surface area (Å²) in [5.41, 5.74) is 6.91. The molecule has 0 aliphatic carbocycles. The maximum atomic E-state index is 12.3. The first-order valence-electron chi connectivity index (χ1n) is 7.00. The topological polar surface area (TPSA) is 61.5 Å². The molecular weight excluding hydrogens is 302 g/mol. The van der Waals surface area contributed by atoms with Crippen LogP contribution in [0.2, 0.25) is 5.02 Å². The highest BCUT2D eigenvalue weighted by atomic mass is 35.5. The summed E-state index contributed by atoms with van der Waals surface area (Å²) < 4.78 is 11.0. The minimum atomic E-state index is -0.626. The fraction of sp³-hybridized carbons (Fsp3) is 0.235. The van der Waals surface area contributed by atoms with Gasteiger partial charge in [0, 0.05) is 16.7 Å². The van der Waals surface area contributed by atoms with E-state index in [1.165, 1.54) is 0 Å². The summed E-state index contributed by atoms with van der Waals surface area (Å²) in [7, 11) is 0. The Labute approximate surface area is 134 Å². The maximum Gasteiger partial charge on any atom is 0.202 e. The second kappa shape index (κ2) is 7.18. The van der Waals surface area contributed by atoms with Gasteiger partial charge in [-0.2, -0.15) is 0 Å². The standard InChI is InChI=1S/C17H18ClNO3/c1-3-21-16-9-8-14(10-15(16)19)22-11(2)17(20)12-4-6-13(18)7-5-12/h4-11H,3,19H2,1-2H3. The van der Waals surface area contributed by atoms with Gasteiger partial charge >= 0.3 is 0 Å². The molecule has 0 bridgehead atoms. The van der Waals surface area contributed by atoms with Gasteiger partial charge in [0.1, 0.15) is 11.5 Å². The molecule has 5 heteroatoms. The van der Waals surface area contributed by atoms with Crippen molar-refractivity contribution in [1.82, 2.24) is 0 Å². The van der Waals surface area contributed by atoms with Crippen LogP contribution in [0.3, 0.4) is 0 Å². The molecule has 1 atom stereocenters. The van der Waals surface area contributed by atoms with Crippen molar-refractivity contribution in [2.24, 2.45) is 0 Å². The van der Waals surface area contributed by atoms with Gasteiger partial charge in [-0.1, -0.05) is 11.6 Å². The first-order chi connectivity index (χ1) is 10.5. The van der Waals surface area contributed by atoms with Gasteiger partial charge in [0.05, 0.1) is 12.3 Å². The molecule has 0 aromatic heterocycles. The Morgan fingerprint density at radius 2 is 1.91 bits per heavy atom. The van der Waals surface area contributed by atoms with Crippen LogP contribution in [0.1, 0.15) is 24.2 Å². The van der Waals surface area contributed by atoms with Gasteiger partial charge in [-0.25, -0.2) is 0 Å². The van der Waals surface area contributed by atoms with Crippen LogP contribution in [0.15, 0.2) is 42.5 Å². The van der Waals surface area contributed by atoms with Crippen molar-refractivity contribution < 1.29 is 14.3 Å². The summed E-state index contributed by atoms with van der Waals surface area (Å²) in [6.45, 7) is 4.12. The normalized spacial score (nSPS) is 11.8. The number of ether oxygens (including phenoxy) is 2. The summed E-state index contributed by atoms with van der Waals surface area (Å²) >= 11 is 5.82. The summed E-state index contributed by atoms with van der Waals surface area (Å²) in [6.07, 6.45) is -0.626. The SMILES string of the molecule is CCOc1ccc(OC(C)C(=O)c2ccc(Cl)cc2)cc1N. The lowest BCUT2D eigenvalue weighted by Crippen LogP contribution is -2.23. The highest BCUT2D eigenvalue weighted by Crippen LogP contribution is 2.27. The molecule has 22 heavy (non-hydrogen) atoms. The van der Waals surface area contributed by atoms with E-state index in [9.17, 15) is 4.79 Å². The average molecular weight is 320 g/mol. The molecule has 2 N–H and O–H groups in total. The maximum absolute atomic E-state index is 12.3. The van der Waals surface area contributed by atoms with Crippen molar-refractivity contribution in [3.05, 3.63) is 53.1 Å². The number of nitrogens with two attached hydrogens (primary N) is 1. The summed E-state index contributed by atoms with van der Waals surface area (Å²) in [4.78, 5) is 12.3. The van der Waals surface area contributed by atoms with E-state index in [0.717, 1.165) is 0 Å². The van der Waals surface area contributed by atoms with E-state index < -0.39 is 6.10 Å². The smallest absolute Gasteiger partial charge is 0.202 e. The lowest BCUT2D eigenvalue weighted by atomic mass is 10.1. The van der Waals surface area contributed by atoms with Crippen molar-refractivity contribution in [2.45, 2.75) is 20.0 Å². The summed E-state index contributed by atoms with van der Waals surface area (Å²) in [5.74, 6) is 1.01. The van der Waals surface area contributed by atoms with Gasteiger partial charge in [0.25, 0.3) is 0 Å². The van der Waals surface area contributed by atoms with Gasteiger partial charge in [-0.15, -0.1) is 0 Å². The first-order valence-corrected chi connectivity index (χ1v) is 7.37. The largest absolute Gasteiger partial charge is 0.492 e. The van der Waals surface area contributed by atoms with E-state index in [1.807, 2.05) is 6.92 Å². The quantitative estimate of drug-likeness (QED) is 0.646. The summed E-state index contributed by atoms with van der Waals surface area (Å²) in [6, 6.07) is 11.8. The molecule has 0 spiro atoms. The Morgan fingerprint density at radius 3 is 2.50 bits per heavy atom. The summed E-state index contributed by atoms with van der Waals surface area (Å²) in [5, 5.41) is 0.587. The lowest BCUT2D eigenvalue weighted by molar-refractivity contribution is 0.0818. The number of carbonyl (C=O) groups is 1. The lowest BCUT2D eigenvalue weighted by Gasteiger charge is -2.15. The third-order valence-corrected chi connectivity index (χ3v) is 3.34. The van der Waals surface area contributed by atoms with Gasteiger partial charge in [-0.05, 0) is 50.2 Å². The second-order valence-electron chi connectivity index (χ2n) is 4.76. The number of ketones is 1. The molecule has 2 aromatic rings. The fourth-order valence-electron chi connectivity index (χ4n) is 1.99. The monoisotopic (exact) mass is 319 g/mol. The van der Waals surface area contributed by atoms with E-state index in [2.05, 4.69) is 0 Å². The van der Waals surface area contributed by atoms with Crippen LogP contribution in [0.5, 0.6) is 11.5 Å². The van der Waals surface area contributed by atoms with Crippen LogP contribution in [0, 0.1) is 0 Å². The number of hydrogen-bond acceptors (Lipinski definition) is 4. The van der Waals surface area contributed by atoms with Crippen molar-refractivity contribution in [2.75, 3.05) is 12.3 Å². The highest BCUT2D eigenvalue weighted by molar-refractivity contribution is 6.30. The molecule has 0 aliphatic heterocycles. The third-order valence-electron chi connectivity index (χ3n) is 3.09. The molecule has 0 amide bonds. The fourth-order valence-corrected chi connectivity index (χ4v) is 2.12. The van der Waals surface area contributed by atoms with Crippen LogP contribution in [-0.2, 0) is 0 Å². The third kappa shape index (κ3) is 3.92. The van der Waals surface area contributed by atoms with Crippen molar-refractivity contribution in [1.29, 1.82) is 0 Å². The molecule has 4 nitrogen and oxygen atoms in total. The van der Waals surface area contributed by atoms with Crippen molar-refractivity contribution in [3.63, 3.8) is 0 Å². The van der Waals surface area contributed by atoms with Gasteiger partial charge in [0.15, 0.2) is 6.10 Å². The predicted octanol–water partition coefficient (Wildman–Crippen LogP) is 3.97. The number of Topliss-reactive ketones (excluding diaryl/α,β-unsaturated/α-hetero) is 1. The number of nitrogen functional groups attached to an aromatic ring is 1. The first kappa shape index (κ1) is 16.2. The Hall–Kier alpha value is -2.20. The molecule has 1 unspecified atom stereocenters. The number of rotatable bonds is 6. The van der Waals surface area contributed by atoms with E-state index in [4.69, 9.17) is 26.8 Å². The van der Waals surface area contributed by atoms with Crippen LogP contribution in [-0.4, -0.2) is 18.5 Å². The van der Waals surface area contributed by atoms with Gasteiger partial charge in [-0.3, -0.25) is 4.79 Å². The van der Waals surface area contributed by atoms with Crippen molar-refractivity contribution in [3.8, 4) is 11.5 Å². The van der Waals surface area contributed by atoms with Gasteiger partial charge in [0.2, 0.25) is 5.78 Å². The zero-order valence-corrected chi connectivity index (χ0v) is 13.3. The number of halogens is 1. The minimum Gasteiger partial charge on any atom is -0.492 e. The molecule has 0 fully saturated rings. The van der Waals surface area contributed by atoms with E-state index in [0.29, 0.717) is 34.4 Å².